The predicted molar refractivity (Wildman–Crippen MR) is 170 cm³/mol. The van der Waals surface area contributed by atoms with Crippen molar-refractivity contribution in [2.45, 2.75) is 201 Å². The number of hydrogen-bond acceptors (Lipinski definition) is 2. The summed E-state index contributed by atoms with van der Waals surface area (Å²) in [6, 6.07) is 0. The molecule has 0 aromatic heterocycles. The maximum Gasteiger partial charge on any atom is 0.305 e. The summed E-state index contributed by atoms with van der Waals surface area (Å²) < 4.78 is 5.43. The standard InChI is InChI=1S/C36H70O2/c1-4-5-6-7-8-9-10-11-12-13-14-15-18-21-24-27-30-33-36(37)38-34-31-28-25-22-19-16-17-20-23-26-29-32-35(2)3/h9-10,35H,4-8,11-34H2,1-3H3. The van der Waals surface area contributed by atoms with Crippen LogP contribution in [-0.2, 0) is 9.53 Å². The smallest absolute Gasteiger partial charge is 0.305 e. The Labute approximate surface area is 240 Å². The average Bonchev–Trinajstić information content (AvgIpc) is 2.90. The Balaban J connectivity index is 3.18. The average molecular weight is 535 g/mol. The van der Waals surface area contributed by atoms with E-state index in [4.69, 9.17) is 4.74 Å². The fourth-order valence-electron chi connectivity index (χ4n) is 5.20. The Morgan fingerprint density at radius 3 is 1.39 bits per heavy atom. The van der Waals surface area contributed by atoms with Gasteiger partial charge in [0.05, 0.1) is 6.61 Å². The lowest BCUT2D eigenvalue weighted by molar-refractivity contribution is -0.143. The van der Waals surface area contributed by atoms with Crippen LogP contribution < -0.4 is 0 Å². The quantitative estimate of drug-likeness (QED) is 0.0502. The lowest BCUT2D eigenvalue weighted by Crippen LogP contribution is -2.05. The number of unbranched alkanes of at least 4 members (excludes halogenated alkanes) is 23. The van der Waals surface area contributed by atoms with Gasteiger partial charge < -0.3 is 4.74 Å². The first-order valence-corrected chi connectivity index (χ1v) is 17.5. The zero-order valence-electron chi connectivity index (χ0n) is 26.6. The molecule has 0 aromatic rings. The second kappa shape index (κ2) is 32.4. The molecule has 0 atom stereocenters. The van der Waals surface area contributed by atoms with Crippen LogP contribution in [0.1, 0.15) is 201 Å². The van der Waals surface area contributed by atoms with Gasteiger partial charge in [0.15, 0.2) is 0 Å². The van der Waals surface area contributed by atoms with Crippen molar-refractivity contribution in [3.05, 3.63) is 12.2 Å². The first-order chi connectivity index (χ1) is 18.7. The van der Waals surface area contributed by atoms with Crippen LogP contribution in [-0.4, -0.2) is 12.6 Å². The van der Waals surface area contributed by atoms with E-state index < -0.39 is 0 Å². The fraction of sp³-hybridized carbons (Fsp3) is 0.917. The van der Waals surface area contributed by atoms with Crippen LogP contribution in [0.25, 0.3) is 0 Å². The van der Waals surface area contributed by atoms with Gasteiger partial charge in [-0.05, 0) is 44.4 Å². The summed E-state index contributed by atoms with van der Waals surface area (Å²) in [6.07, 6.45) is 41.2. The predicted octanol–water partition coefficient (Wildman–Crippen LogP) is 12.7. The summed E-state index contributed by atoms with van der Waals surface area (Å²) in [7, 11) is 0. The van der Waals surface area contributed by atoms with Crippen molar-refractivity contribution in [2.24, 2.45) is 5.92 Å². The van der Waals surface area contributed by atoms with Gasteiger partial charge in [-0.15, -0.1) is 0 Å². The number of carbonyl (C=O) groups excluding carboxylic acids is 1. The van der Waals surface area contributed by atoms with Gasteiger partial charge in [-0.1, -0.05) is 168 Å². The van der Waals surface area contributed by atoms with Gasteiger partial charge in [0.25, 0.3) is 0 Å². The minimum Gasteiger partial charge on any atom is -0.466 e. The molecular weight excluding hydrogens is 464 g/mol. The minimum atomic E-state index is 0.0217. The Bertz CT molecular complexity index is 482. The van der Waals surface area contributed by atoms with Crippen LogP contribution >= 0.6 is 0 Å². The Kier molecular flexibility index (Phi) is 31.7. The molecule has 0 aliphatic rings. The van der Waals surface area contributed by atoms with E-state index in [1.54, 1.807) is 0 Å². The molecule has 0 N–H and O–H groups in total. The van der Waals surface area contributed by atoms with Crippen molar-refractivity contribution in [3.63, 3.8) is 0 Å². The van der Waals surface area contributed by atoms with Crippen LogP contribution in [0, 0.1) is 5.92 Å². The van der Waals surface area contributed by atoms with E-state index in [0.29, 0.717) is 13.0 Å². The van der Waals surface area contributed by atoms with Gasteiger partial charge in [-0.2, -0.15) is 0 Å². The Hall–Kier alpha value is -0.790. The summed E-state index contributed by atoms with van der Waals surface area (Å²) in [5, 5.41) is 0. The molecule has 0 aromatic carbocycles. The third-order valence-electron chi connectivity index (χ3n) is 7.83. The minimum absolute atomic E-state index is 0.0217. The lowest BCUT2D eigenvalue weighted by atomic mass is 10.0. The molecule has 0 unspecified atom stereocenters. The van der Waals surface area contributed by atoms with Crippen molar-refractivity contribution in [2.75, 3.05) is 6.61 Å². The summed E-state index contributed by atoms with van der Waals surface area (Å²) in [5.74, 6) is 0.888. The van der Waals surface area contributed by atoms with Crippen molar-refractivity contribution < 1.29 is 9.53 Å². The van der Waals surface area contributed by atoms with Crippen LogP contribution in [0.3, 0.4) is 0 Å². The van der Waals surface area contributed by atoms with E-state index in [1.165, 1.54) is 161 Å². The van der Waals surface area contributed by atoms with Gasteiger partial charge >= 0.3 is 5.97 Å². The molecule has 0 rings (SSSR count). The van der Waals surface area contributed by atoms with Crippen LogP contribution in [0.2, 0.25) is 0 Å². The zero-order chi connectivity index (χ0) is 27.8. The molecule has 0 saturated heterocycles. The highest BCUT2D eigenvalue weighted by Gasteiger charge is 2.03. The van der Waals surface area contributed by atoms with Crippen LogP contribution in [0.15, 0.2) is 12.2 Å². The number of hydrogen-bond donors (Lipinski definition) is 0. The van der Waals surface area contributed by atoms with Gasteiger partial charge in [0.1, 0.15) is 0 Å². The molecule has 0 aliphatic heterocycles. The van der Waals surface area contributed by atoms with E-state index in [1.807, 2.05) is 0 Å². The molecule has 2 nitrogen and oxygen atoms in total. The molecule has 0 spiro atoms. The first kappa shape index (κ1) is 37.2. The van der Waals surface area contributed by atoms with Gasteiger partial charge in [0, 0.05) is 6.42 Å². The molecule has 0 heterocycles. The molecular formula is C36H70O2. The molecule has 0 amide bonds. The number of allylic oxidation sites excluding steroid dienone is 2. The monoisotopic (exact) mass is 535 g/mol. The van der Waals surface area contributed by atoms with E-state index in [0.717, 1.165) is 18.8 Å². The third-order valence-corrected chi connectivity index (χ3v) is 7.83. The maximum absolute atomic E-state index is 11.9. The van der Waals surface area contributed by atoms with Crippen LogP contribution in [0.5, 0.6) is 0 Å². The van der Waals surface area contributed by atoms with Gasteiger partial charge in [-0.25, -0.2) is 0 Å². The maximum atomic E-state index is 11.9. The van der Waals surface area contributed by atoms with E-state index >= 15 is 0 Å². The fourth-order valence-corrected chi connectivity index (χ4v) is 5.20. The van der Waals surface area contributed by atoms with Crippen molar-refractivity contribution in [1.82, 2.24) is 0 Å². The first-order valence-electron chi connectivity index (χ1n) is 17.5. The van der Waals surface area contributed by atoms with Gasteiger partial charge in [-0.3, -0.25) is 4.79 Å². The molecule has 38 heavy (non-hydrogen) atoms. The molecule has 226 valence electrons. The Morgan fingerprint density at radius 2 is 0.921 bits per heavy atom. The zero-order valence-corrected chi connectivity index (χ0v) is 26.6. The highest BCUT2D eigenvalue weighted by molar-refractivity contribution is 5.69. The second-order valence-electron chi connectivity index (χ2n) is 12.3. The molecule has 0 bridgehead atoms. The summed E-state index contributed by atoms with van der Waals surface area (Å²) in [5.41, 5.74) is 0. The molecule has 2 heteroatoms. The lowest BCUT2D eigenvalue weighted by Gasteiger charge is -2.06. The van der Waals surface area contributed by atoms with Crippen molar-refractivity contribution >= 4 is 5.97 Å². The molecule has 0 aliphatic carbocycles. The number of rotatable bonds is 31. The molecule has 0 saturated carbocycles. The van der Waals surface area contributed by atoms with E-state index in [-0.39, 0.29) is 5.97 Å². The van der Waals surface area contributed by atoms with E-state index in [2.05, 4.69) is 32.9 Å². The SMILES string of the molecule is CCCCCCC=CCCCCCCCCCCCC(=O)OCCCCCCCCCCCCCC(C)C. The number of esters is 1. The largest absolute Gasteiger partial charge is 0.466 e. The molecule has 0 fully saturated rings. The van der Waals surface area contributed by atoms with Crippen molar-refractivity contribution in [1.29, 1.82) is 0 Å². The van der Waals surface area contributed by atoms with Gasteiger partial charge in [0.2, 0.25) is 0 Å². The number of carbonyl (C=O) groups is 1. The normalized spacial score (nSPS) is 11.7. The Morgan fingerprint density at radius 1 is 0.526 bits per heavy atom. The highest BCUT2D eigenvalue weighted by atomic mass is 16.5. The topological polar surface area (TPSA) is 26.3 Å². The highest BCUT2D eigenvalue weighted by Crippen LogP contribution is 2.15. The molecule has 0 radical (unpaired) electrons. The number of ether oxygens (including phenoxy) is 1. The van der Waals surface area contributed by atoms with Crippen molar-refractivity contribution in [3.8, 4) is 0 Å². The van der Waals surface area contributed by atoms with E-state index in [9.17, 15) is 4.79 Å². The van der Waals surface area contributed by atoms with Crippen LogP contribution in [0.4, 0.5) is 0 Å². The third kappa shape index (κ3) is 33.2. The second-order valence-corrected chi connectivity index (χ2v) is 12.3. The summed E-state index contributed by atoms with van der Waals surface area (Å²) in [6.45, 7) is 7.55. The summed E-state index contributed by atoms with van der Waals surface area (Å²) >= 11 is 0. The summed E-state index contributed by atoms with van der Waals surface area (Å²) in [4.78, 5) is 11.9.